The van der Waals surface area contributed by atoms with E-state index in [-0.39, 0.29) is 11.2 Å². The van der Waals surface area contributed by atoms with E-state index in [9.17, 15) is 9.00 Å². The zero-order chi connectivity index (χ0) is 21.4. The Kier molecular flexibility index (Phi) is 5.20. The molecule has 1 aromatic heterocycles. The van der Waals surface area contributed by atoms with Crippen LogP contribution in [-0.4, -0.2) is 20.9 Å². The summed E-state index contributed by atoms with van der Waals surface area (Å²) in [6.07, 6.45) is 3.70. The van der Waals surface area contributed by atoms with Crippen LogP contribution in [0.1, 0.15) is 45.5 Å². The maximum Gasteiger partial charge on any atom is 0.250 e. The minimum atomic E-state index is -0.875. The lowest BCUT2D eigenvalue weighted by atomic mass is 9.88. The van der Waals surface area contributed by atoms with Gasteiger partial charge in [0.15, 0.2) is 0 Å². The van der Waals surface area contributed by atoms with Gasteiger partial charge < -0.3 is 10.7 Å². The minimum Gasteiger partial charge on any atom is -0.366 e. The van der Waals surface area contributed by atoms with Crippen LogP contribution in [0.5, 0.6) is 0 Å². The lowest BCUT2D eigenvalue weighted by Gasteiger charge is -2.29. The number of aromatic amines is 1. The second-order valence-corrected chi connectivity index (χ2v) is 9.86. The predicted molar refractivity (Wildman–Crippen MR) is 126 cm³/mol. The van der Waals surface area contributed by atoms with Gasteiger partial charge in [-0.15, -0.1) is 0 Å². The summed E-state index contributed by atoms with van der Waals surface area (Å²) in [5.74, 6) is 0.504. The first-order chi connectivity index (χ1) is 15.1. The van der Waals surface area contributed by atoms with Gasteiger partial charge in [-0.2, -0.15) is 0 Å². The molecule has 0 radical (unpaired) electrons. The molecule has 1 aliphatic heterocycles. The number of benzene rings is 3. The summed E-state index contributed by atoms with van der Waals surface area (Å²) in [5.41, 5.74) is 11.3. The molecule has 0 bridgehead atoms. The second-order valence-electron chi connectivity index (χ2n) is 8.13. The Balaban J connectivity index is 1.59. The fraction of sp³-hybridized carbons (Fsp3) is 0.192. The van der Waals surface area contributed by atoms with E-state index in [1.807, 2.05) is 60.8 Å². The Morgan fingerprint density at radius 2 is 1.68 bits per heavy atom. The largest absolute Gasteiger partial charge is 0.366 e. The van der Waals surface area contributed by atoms with E-state index in [1.165, 1.54) is 5.56 Å². The molecule has 1 fully saturated rings. The molecule has 4 aromatic rings. The van der Waals surface area contributed by atoms with E-state index in [0.29, 0.717) is 11.3 Å². The lowest BCUT2D eigenvalue weighted by molar-refractivity contribution is 0.100. The monoisotopic (exact) mass is 428 g/mol. The number of nitrogens with one attached hydrogen (secondary N) is 1. The molecule has 156 valence electrons. The van der Waals surface area contributed by atoms with E-state index >= 15 is 0 Å². The van der Waals surface area contributed by atoms with Crippen LogP contribution in [0, 0.1) is 0 Å². The third-order valence-electron chi connectivity index (χ3n) is 6.29. The number of nitrogens with two attached hydrogens (primary N) is 1. The quantitative estimate of drug-likeness (QED) is 0.463. The summed E-state index contributed by atoms with van der Waals surface area (Å²) in [6, 6.07) is 24.2. The van der Waals surface area contributed by atoms with Crippen molar-refractivity contribution in [3.8, 4) is 11.1 Å². The van der Waals surface area contributed by atoms with E-state index in [4.69, 9.17) is 5.73 Å². The molecule has 4 nitrogen and oxygen atoms in total. The molecule has 3 aromatic carbocycles. The third-order valence-corrected chi connectivity index (χ3v) is 8.03. The summed E-state index contributed by atoms with van der Waals surface area (Å²) in [5, 5.41) is 1.05. The SMILES string of the molecule is NC(=O)c1cc(-c2ccccc2)cc2c(C3CCS(=O)C(c4ccccc4)C3)c[nH]c12. The number of carbonyl (C=O) groups is 1. The fourth-order valence-electron chi connectivity index (χ4n) is 4.70. The van der Waals surface area contributed by atoms with Gasteiger partial charge in [0.2, 0.25) is 0 Å². The first kappa shape index (κ1) is 19.8. The van der Waals surface area contributed by atoms with Gasteiger partial charge in [0.1, 0.15) is 0 Å². The molecule has 1 saturated heterocycles. The standard InChI is InChI=1S/C26H24N2O2S/c27-26(29)22-14-20(17-7-3-1-4-8-17)13-21-23(16-28-25(21)22)19-11-12-31(30)24(15-19)18-9-5-2-6-10-18/h1-10,13-14,16,19,24,28H,11-12,15H2,(H2,27,29). The topological polar surface area (TPSA) is 76.0 Å². The Morgan fingerprint density at radius 1 is 0.968 bits per heavy atom. The van der Waals surface area contributed by atoms with Gasteiger partial charge in [0.25, 0.3) is 5.91 Å². The van der Waals surface area contributed by atoms with Crippen molar-refractivity contribution in [2.45, 2.75) is 24.0 Å². The van der Waals surface area contributed by atoms with Gasteiger partial charge in [-0.3, -0.25) is 9.00 Å². The highest BCUT2D eigenvalue weighted by Crippen LogP contribution is 2.42. The average Bonchev–Trinajstić information content (AvgIpc) is 3.24. The number of hydrogen-bond donors (Lipinski definition) is 2. The molecule has 0 aliphatic carbocycles. The van der Waals surface area contributed by atoms with Crippen LogP contribution in [0.2, 0.25) is 0 Å². The lowest BCUT2D eigenvalue weighted by Crippen LogP contribution is -2.21. The van der Waals surface area contributed by atoms with Crippen LogP contribution in [0.25, 0.3) is 22.0 Å². The van der Waals surface area contributed by atoms with Crippen LogP contribution >= 0.6 is 0 Å². The van der Waals surface area contributed by atoms with E-state index in [1.54, 1.807) is 0 Å². The van der Waals surface area contributed by atoms with E-state index in [2.05, 4.69) is 23.2 Å². The number of H-pyrrole nitrogens is 1. The van der Waals surface area contributed by atoms with Crippen molar-refractivity contribution in [1.29, 1.82) is 0 Å². The van der Waals surface area contributed by atoms with Gasteiger partial charge in [0.05, 0.1) is 16.3 Å². The molecular formula is C26H24N2O2S. The average molecular weight is 429 g/mol. The molecule has 3 unspecified atom stereocenters. The Hall–Kier alpha value is -3.18. The molecule has 3 N–H and O–H groups in total. The molecule has 0 spiro atoms. The van der Waals surface area contributed by atoms with Gasteiger partial charge in [-0.1, -0.05) is 60.7 Å². The molecular weight excluding hydrogens is 404 g/mol. The highest BCUT2D eigenvalue weighted by Gasteiger charge is 2.31. The highest BCUT2D eigenvalue weighted by molar-refractivity contribution is 7.85. The third kappa shape index (κ3) is 3.70. The maximum atomic E-state index is 12.8. The zero-order valence-electron chi connectivity index (χ0n) is 17.1. The van der Waals surface area contributed by atoms with E-state index in [0.717, 1.165) is 40.4 Å². The first-order valence-corrected chi connectivity index (χ1v) is 11.9. The highest BCUT2D eigenvalue weighted by atomic mass is 32.2. The minimum absolute atomic E-state index is 0.0258. The Bertz CT molecular complexity index is 1260. The number of aromatic nitrogens is 1. The molecule has 0 saturated carbocycles. The van der Waals surface area contributed by atoms with Gasteiger partial charge in [-0.05, 0) is 53.1 Å². The van der Waals surface area contributed by atoms with Crippen LogP contribution < -0.4 is 5.73 Å². The first-order valence-electron chi connectivity index (χ1n) is 10.5. The molecule has 3 atom stereocenters. The number of rotatable bonds is 4. The van der Waals surface area contributed by atoms with Crippen molar-refractivity contribution in [1.82, 2.24) is 4.98 Å². The fourth-order valence-corrected chi connectivity index (χ4v) is 6.41. The number of hydrogen-bond acceptors (Lipinski definition) is 2. The number of fused-ring (bicyclic) bond motifs is 1. The summed E-state index contributed by atoms with van der Waals surface area (Å²) in [6.45, 7) is 0. The molecule has 2 heterocycles. The summed E-state index contributed by atoms with van der Waals surface area (Å²) >= 11 is 0. The number of carbonyl (C=O) groups excluding carboxylic acids is 1. The smallest absolute Gasteiger partial charge is 0.250 e. The van der Waals surface area contributed by atoms with Crippen molar-refractivity contribution in [3.05, 3.63) is 95.7 Å². The zero-order valence-corrected chi connectivity index (χ0v) is 17.9. The van der Waals surface area contributed by atoms with Crippen LogP contribution in [0.3, 0.4) is 0 Å². The second kappa shape index (κ2) is 8.16. The molecule has 31 heavy (non-hydrogen) atoms. The van der Waals surface area contributed by atoms with Crippen molar-refractivity contribution < 1.29 is 9.00 Å². The molecule has 5 heteroatoms. The normalized spacial score (nSPS) is 21.2. The predicted octanol–water partition coefficient (Wildman–Crippen LogP) is 5.30. The van der Waals surface area contributed by atoms with Crippen molar-refractivity contribution in [3.63, 3.8) is 0 Å². The van der Waals surface area contributed by atoms with Crippen LogP contribution in [-0.2, 0) is 10.8 Å². The molecule has 5 rings (SSSR count). The molecule has 1 aliphatic rings. The van der Waals surface area contributed by atoms with Gasteiger partial charge in [0, 0.05) is 28.1 Å². The maximum absolute atomic E-state index is 12.8. The van der Waals surface area contributed by atoms with E-state index < -0.39 is 16.7 Å². The number of amides is 1. The summed E-state index contributed by atoms with van der Waals surface area (Å²) < 4.78 is 12.8. The van der Waals surface area contributed by atoms with Crippen molar-refractivity contribution in [2.24, 2.45) is 5.73 Å². The molecule has 1 amide bonds. The van der Waals surface area contributed by atoms with Crippen molar-refractivity contribution >= 4 is 27.6 Å². The van der Waals surface area contributed by atoms with Gasteiger partial charge in [-0.25, -0.2) is 0 Å². The van der Waals surface area contributed by atoms with Crippen LogP contribution in [0.15, 0.2) is 79.0 Å². The van der Waals surface area contributed by atoms with Gasteiger partial charge >= 0.3 is 0 Å². The Morgan fingerprint density at radius 3 is 2.39 bits per heavy atom. The summed E-state index contributed by atoms with van der Waals surface area (Å²) in [4.78, 5) is 15.5. The number of primary amides is 1. The van der Waals surface area contributed by atoms with Crippen LogP contribution in [0.4, 0.5) is 0 Å². The Labute approximate surface area is 183 Å². The summed E-state index contributed by atoms with van der Waals surface area (Å²) in [7, 11) is -0.875. The van der Waals surface area contributed by atoms with Crippen molar-refractivity contribution in [2.75, 3.05) is 5.75 Å².